The Morgan fingerprint density at radius 2 is 1.41 bits per heavy atom. The van der Waals surface area contributed by atoms with Crippen LogP contribution in [-0.2, 0) is 50.3 Å². The first-order valence-electron chi connectivity index (χ1n) is 22.6. The van der Waals surface area contributed by atoms with E-state index in [1.54, 1.807) is 6.08 Å². The molecular weight excluding hydrogens is 777 g/mol. The summed E-state index contributed by atoms with van der Waals surface area (Å²) in [5.41, 5.74) is 7.92. The molecule has 1 saturated carbocycles. The third kappa shape index (κ3) is 22.3. The Kier molecular flexibility index (Phi) is 27.4. The summed E-state index contributed by atoms with van der Waals surface area (Å²) in [5, 5.41) is 20.7. The number of esters is 2. The number of carbonyl (C=O) groups excluding carboxylic acids is 3. The molecule has 0 aliphatic heterocycles. The van der Waals surface area contributed by atoms with Gasteiger partial charge in [0.15, 0.2) is 6.10 Å². The van der Waals surface area contributed by atoms with Gasteiger partial charge in [-0.2, -0.15) is 0 Å². The topological polar surface area (TPSA) is 205 Å². The number of carbonyl (C=O) groups is 3. The zero-order valence-corrected chi connectivity index (χ0v) is 37.6. The van der Waals surface area contributed by atoms with Gasteiger partial charge in [-0.15, -0.1) is 0 Å². The Morgan fingerprint density at radius 3 is 2.05 bits per heavy atom. The van der Waals surface area contributed by atoms with Crippen LogP contribution in [0.1, 0.15) is 171 Å². The van der Waals surface area contributed by atoms with E-state index in [1.807, 2.05) is 6.08 Å². The minimum Gasteiger partial charge on any atom is -0.466 e. The molecule has 340 valence electrons. The van der Waals surface area contributed by atoms with Crippen molar-refractivity contribution in [2.45, 2.75) is 194 Å². The molecule has 2 rings (SSSR count). The number of hydrogen-bond acceptors (Lipinski definition) is 12. The van der Waals surface area contributed by atoms with Crippen molar-refractivity contribution in [3.8, 4) is 0 Å². The molecule has 0 radical (unpaired) electrons. The molecule has 0 bridgehead atoms. The van der Waals surface area contributed by atoms with E-state index >= 15 is 0 Å². The van der Waals surface area contributed by atoms with E-state index in [9.17, 15) is 34.1 Å². The minimum atomic E-state index is -4.46. The van der Waals surface area contributed by atoms with Gasteiger partial charge in [0.25, 0.3) is 0 Å². The quantitative estimate of drug-likeness (QED) is 0.0218. The number of ether oxygens (including phenoxy) is 2. The van der Waals surface area contributed by atoms with Crippen LogP contribution in [0.5, 0.6) is 0 Å². The summed E-state index contributed by atoms with van der Waals surface area (Å²) in [7, 11) is -4.46. The molecule has 1 aromatic rings. The molecule has 6 atom stereocenters. The van der Waals surface area contributed by atoms with Crippen LogP contribution in [0.3, 0.4) is 0 Å². The number of nitrogens with two attached hydrogens (primary N) is 1. The Hall–Kier alpha value is -2.38. The zero-order chi connectivity index (χ0) is 43.5. The number of aryl methyl sites for hydroxylation is 2. The van der Waals surface area contributed by atoms with Crippen molar-refractivity contribution in [1.82, 2.24) is 0 Å². The molecule has 5 N–H and O–H groups in total. The zero-order valence-electron chi connectivity index (χ0n) is 36.7. The van der Waals surface area contributed by atoms with Crippen LogP contribution in [0, 0.1) is 25.7 Å². The second-order valence-electron chi connectivity index (χ2n) is 16.3. The van der Waals surface area contributed by atoms with Crippen LogP contribution < -0.4 is 5.73 Å². The van der Waals surface area contributed by atoms with Crippen LogP contribution in [0.4, 0.5) is 0 Å². The number of phosphoric acid groups is 1. The van der Waals surface area contributed by atoms with Gasteiger partial charge < -0.3 is 34.7 Å². The third-order valence-corrected chi connectivity index (χ3v) is 12.2. The minimum absolute atomic E-state index is 0.00813. The van der Waals surface area contributed by atoms with Gasteiger partial charge in [0.1, 0.15) is 23.9 Å². The SMILES string of the molecule is CCCCCc1oc(CCCCCCCCC(=O)OC[C@H](COP(=O)(O)OCCN)OC(=O)CCCCCC[C@H]2C(=O)C[C@@H](O)[C@@H]2/C=C/[C@@H](O)CCCCC)c(C)c1C. The summed E-state index contributed by atoms with van der Waals surface area (Å²) in [6, 6.07) is 0. The Morgan fingerprint density at radius 1 is 0.831 bits per heavy atom. The average Bonchev–Trinajstić information content (AvgIpc) is 3.63. The van der Waals surface area contributed by atoms with Crippen molar-refractivity contribution in [2.24, 2.45) is 17.6 Å². The Labute approximate surface area is 354 Å². The van der Waals surface area contributed by atoms with Crippen molar-refractivity contribution < 1.29 is 57.0 Å². The maximum atomic E-state index is 12.7. The number of aliphatic hydroxyl groups is 2. The van der Waals surface area contributed by atoms with Gasteiger partial charge in [0.2, 0.25) is 0 Å². The van der Waals surface area contributed by atoms with Crippen LogP contribution in [0.25, 0.3) is 0 Å². The number of Topliss-reactive ketones (excluding diaryl/α,β-unsaturated/α-hetero) is 1. The van der Waals surface area contributed by atoms with Crippen molar-refractivity contribution in [2.75, 3.05) is 26.4 Å². The molecule has 0 saturated heterocycles. The molecule has 1 aliphatic carbocycles. The summed E-state index contributed by atoms with van der Waals surface area (Å²) in [6.45, 7) is 7.58. The highest BCUT2D eigenvalue weighted by molar-refractivity contribution is 7.47. The standard InChI is InChI=1S/C45H78NO12P/c1-5-7-15-21-36(47)27-28-39-38(40(48)31-41(39)49)22-17-13-14-20-26-45(51)57-37(33-56-59(52,53)55-30-29-46)32-54-44(50)25-19-12-10-9-11-18-24-43-35(4)34(3)42(58-43)23-16-8-6-2/h27-28,36-39,41,47,49H,5-26,29-33,46H2,1-4H3,(H,52,53)/b28-27+/t36-,37+,38+,39+,41+/m0/s1. The lowest BCUT2D eigenvalue weighted by Gasteiger charge is -2.20. The van der Waals surface area contributed by atoms with Gasteiger partial charge in [-0.05, 0) is 63.5 Å². The van der Waals surface area contributed by atoms with Crippen LogP contribution in [-0.4, -0.2) is 77.5 Å². The van der Waals surface area contributed by atoms with Gasteiger partial charge in [0.05, 0.1) is 25.4 Å². The maximum absolute atomic E-state index is 12.7. The number of rotatable bonds is 35. The highest BCUT2D eigenvalue weighted by Crippen LogP contribution is 2.43. The maximum Gasteiger partial charge on any atom is 0.472 e. The van der Waals surface area contributed by atoms with Crippen molar-refractivity contribution >= 4 is 25.5 Å². The molecule has 0 aromatic carbocycles. The molecule has 13 nitrogen and oxygen atoms in total. The molecule has 1 heterocycles. The monoisotopic (exact) mass is 856 g/mol. The average molecular weight is 856 g/mol. The van der Waals surface area contributed by atoms with E-state index in [0.717, 1.165) is 95.0 Å². The largest absolute Gasteiger partial charge is 0.472 e. The first-order valence-corrected chi connectivity index (χ1v) is 24.1. The van der Waals surface area contributed by atoms with E-state index < -0.39 is 44.7 Å². The number of furan rings is 1. The molecule has 1 aliphatic rings. The fraction of sp³-hybridized carbons (Fsp3) is 0.800. The lowest BCUT2D eigenvalue weighted by Crippen LogP contribution is -2.29. The number of aliphatic hydroxyl groups excluding tert-OH is 2. The molecule has 1 aromatic heterocycles. The smallest absolute Gasteiger partial charge is 0.466 e. The normalized spacial score (nSPS) is 19.0. The fourth-order valence-electron chi connectivity index (χ4n) is 7.53. The first-order chi connectivity index (χ1) is 28.3. The second-order valence-corrected chi connectivity index (χ2v) is 17.7. The molecule has 14 heteroatoms. The van der Waals surface area contributed by atoms with Crippen LogP contribution in [0.15, 0.2) is 16.6 Å². The van der Waals surface area contributed by atoms with Gasteiger partial charge in [-0.25, -0.2) is 4.57 Å². The van der Waals surface area contributed by atoms with E-state index in [2.05, 4.69) is 27.7 Å². The summed E-state index contributed by atoms with van der Waals surface area (Å²) < 4.78 is 39.1. The van der Waals surface area contributed by atoms with Crippen LogP contribution in [0.2, 0.25) is 0 Å². The van der Waals surface area contributed by atoms with Crippen molar-refractivity contribution in [1.29, 1.82) is 0 Å². The summed E-state index contributed by atoms with van der Waals surface area (Å²) >= 11 is 0. The highest BCUT2D eigenvalue weighted by Gasteiger charge is 2.39. The summed E-state index contributed by atoms with van der Waals surface area (Å²) in [5.74, 6) is 0.663. The number of ketones is 1. The van der Waals surface area contributed by atoms with E-state index in [-0.39, 0.29) is 56.6 Å². The van der Waals surface area contributed by atoms with Crippen LogP contribution >= 0.6 is 7.82 Å². The van der Waals surface area contributed by atoms with E-state index in [1.165, 1.54) is 24.0 Å². The molecule has 59 heavy (non-hydrogen) atoms. The summed E-state index contributed by atoms with van der Waals surface area (Å²) in [6.07, 6.45) is 19.8. The first kappa shape index (κ1) is 52.8. The Balaban J connectivity index is 1.70. The third-order valence-electron chi connectivity index (χ3n) is 11.2. The number of hydrogen-bond donors (Lipinski definition) is 4. The predicted octanol–water partition coefficient (Wildman–Crippen LogP) is 8.85. The van der Waals surface area contributed by atoms with E-state index in [4.69, 9.17) is 28.7 Å². The highest BCUT2D eigenvalue weighted by atomic mass is 31.2. The molecular formula is C45H78NO12P. The Bertz CT molecular complexity index is 1410. The van der Waals surface area contributed by atoms with Gasteiger partial charge >= 0.3 is 19.8 Å². The van der Waals surface area contributed by atoms with E-state index in [0.29, 0.717) is 32.1 Å². The summed E-state index contributed by atoms with van der Waals surface area (Å²) in [4.78, 5) is 47.8. The molecule has 0 spiro atoms. The lowest BCUT2D eigenvalue weighted by atomic mass is 9.88. The molecule has 1 unspecified atom stereocenters. The molecule has 0 amide bonds. The number of phosphoric ester groups is 1. The second kappa shape index (κ2) is 30.6. The lowest BCUT2D eigenvalue weighted by molar-refractivity contribution is -0.161. The molecule has 1 fully saturated rings. The van der Waals surface area contributed by atoms with Crippen molar-refractivity contribution in [3.05, 3.63) is 34.8 Å². The number of unbranched alkanes of at least 4 members (excludes halogenated alkanes) is 12. The fourth-order valence-corrected chi connectivity index (χ4v) is 8.30. The van der Waals surface area contributed by atoms with Gasteiger partial charge in [0, 0.05) is 50.5 Å². The van der Waals surface area contributed by atoms with Gasteiger partial charge in [-0.1, -0.05) is 103 Å². The predicted molar refractivity (Wildman–Crippen MR) is 229 cm³/mol. The van der Waals surface area contributed by atoms with Gasteiger partial charge in [-0.3, -0.25) is 23.4 Å². The van der Waals surface area contributed by atoms with Crippen molar-refractivity contribution in [3.63, 3.8) is 0 Å².